The van der Waals surface area contributed by atoms with Crippen molar-refractivity contribution < 1.29 is 9.59 Å². The lowest BCUT2D eigenvalue weighted by Crippen LogP contribution is -2.44. The van der Waals surface area contributed by atoms with E-state index in [1.165, 1.54) is 4.88 Å². The molecule has 2 aromatic rings. The topological polar surface area (TPSA) is 49.4 Å². The van der Waals surface area contributed by atoms with Crippen LogP contribution in [0.4, 0.5) is 0 Å². The average molecular weight is 371 g/mol. The van der Waals surface area contributed by atoms with Crippen molar-refractivity contribution in [3.05, 3.63) is 57.8 Å². The van der Waals surface area contributed by atoms with E-state index in [2.05, 4.69) is 16.8 Å². The Balaban J connectivity index is 1.65. The van der Waals surface area contributed by atoms with E-state index in [9.17, 15) is 9.59 Å². The fraction of sp³-hybridized carbons (Fsp3) is 0.429. The maximum atomic E-state index is 13.0. The van der Waals surface area contributed by atoms with E-state index in [0.717, 1.165) is 30.4 Å². The van der Waals surface area contributed by atoms with Crippen LogP contribution in [0.2, 0.25) is 0 Å². The van der Waals surface area contributed by atoms with Gasteiger partial charge in [-0.2, -0.15) is 0 Å². The van der Waals surface area contributed by atoms with Crippen LogP contribution in [0.3, 0.4) is 0 Å². The number of nitrogens with one attached hydrogen (secondary N) is 1. The van der Waals surface area contributed by atoms with Gasteiger partial charge in [0.05, 0.1) is 0 Å². The summed E-state index contributed by atoms with van der Waals surface area (Å²) in [5.74, 6) is 0.216. The number of hydrogen-bond acceptors (Lipinski definition) is 3. The Morgan fingerprint density at radius 1 is 1.15 bits per heavy atom. The van der Waals surface area contributed by atoms with Crippen molar-refractivity contribution in [1.82, 2.24) is 10.2 Å². The lowest BCUT2D eigenvalue weighted by atomic mass is 9.94. The van der Waals surface area contributed by atoms with Gasteiger partial charge in [-0.25, -0.2) is 0 Å². The Morgan fingerprint density at radius 3 is 2.54 bits per heavy atom. The molecule has 0 spiro atoms. The maximum absolute atomic E-state index is 13.0. The summed E-state index contributed by atoms with van der Waals surface area (Å²) in [6.07, 6.45) is 2.25. The van der Waals surface area contributed by atoms with Gasteiger partial charge in [0.15, 0.2) is 0 Å². The van der Waals surface area contributed by atoms with Crippen molar-refractivity contribution in [2.75, 3.05) is 13.1 Å². The van der Waals surface area contributed by atoms with Crippen molar-refractivity contribution in [2.45, 2.75) is 39.2 Å². The zero-order chi connectivity index (χ0) is 18.5. The lowest BCUT2D eigenvalue weighted by Gasteiger charge is -2.32. The molecule has 26 heavy (non-hydrogen) atoms. The van der Waals surface area contributed by atoms with Crippen LogP contribution in [0, 0.1) is 5.92 Å². The minimum Gasteiger partial charge on any atom is -0.354 e. The van der Waals surface area contributed by atoms with Crippen LogP contribution in [-0.4, -0.2) is 35.8 Å². The summed E-state index contributed by atoms with van der Waals surface area (Å²) in [7, 11) is 0. The quantitative estimate of drug-likeness (QED) is 0.872. The molecule has 2 amide bonds. The number of carbonyl (C=O) groups is 2. The summed E-state index contributed by atoms with van der Waals surface area (Å²) >= 11 is 1.71. The number of benzene rings is 1. The third-order valence-corrected chi connectivity index (χ3v) is 5.65. The Labute approximate surface area is 159 Å². The highest BCUT2D eigenvalue weighted by Gasteiger charge is 2.28. The second kappa shape index (κ2) is 8.49. The summed E-state index contributed by atoms with van der Waals surface area (Å²) < 4.78 is 0. The molecular formula is C21H26N2O2S. The Morgan fingerprint density at radius 2 is 1.88 bits per heavy atom. The monoisotopic (exact) mass is 370 g/mol. The summed E-state index contributed by atoms with van der Waals surface area (Å²) in [5.41, 5.74) is 1.85. The Bertz CT molecular complexity index is 747. The van der Waals surface area contributed by atoms with Gasteiger partial charge < -0.3 is 10.2 Å². The SMILES string of the molecule is CC(C)NC(=O)C1CCN(C(=O)c2ccccc2Cc2cccs2)CC1. The molecule has 1 fully saturated rings. The molecule has 0 atom stereocenters. The first kappa shape index (κ1) is 18.6. The molecule has 1 aromatic carbocycles. The second-order valence-corrected chi connectivity index (χ2v) is 8.18. The molecule has 1 aromatic heterocycles. The molecule has 1 aliphatic rings. The smallest absolute Gasteiger partial charge is 0.254 e. The fourth-order valence-electron chi connectivity index (χ4n) is 3.40. The number of amides is 2. The van der Waals surface area contributed by atoms with Gasteiger partial charge in [-0.1, -0.05) is 24.3 Å². The fourth-order valence-corrected chi connectivity index (χ4v) is 4.13. The van der Waals surface area contributed by atoms with Gasteiger partial charge >= 0.3 is 0 Å². The number of hydrogen-bond donors (Lipinski definition) is 1. The Hall–Kier alpha value is -2.14. The van der Waals surface area contributed by atoms with Crippen molar-refractivity contribution in [2.24, 2.45) is 5.92 Å². The van der Waals surface area contributed by atoms with Gasteiger partial charge in [-0.05, 0) is 49.8 Å². The van der Waals surface area contributed by atoms with Crippen LogP contribution < -0.4 is 5.32 Å². The van der Waals surface area contributed by atoms with Crippen molar-refractivity contribution >= 4 is 23.2 Å². The minimum atomic E-state index is 0.0165. The molecule has 0 radical (unpaired) electrons. The number of rotatable bonds is 5. The first-order valence-corrected chi connectivity index (χ1v) is 10.1. The van der Waals surface area contributed by atoms with Crippen LogP contribution in [0.5, 0.6) is 0 Å². The number of carbonyl (C=O) groups excluding carboxylic acids is 2. The molecule has 5 heteroatoms. The predicted molar refractivity (Wildman–Crippen MR) is 105 cm³/mol. The highest BCUT2D eigenvalue weighted by molar-refractivity contribution is 7.09. The van der Waals surface area contributed by atoms with Gasteiger partial charge in [0.25, 0.3) is 5.91 Å². The molecule has 4 nitrogen and oxygen atoms in total. The largest absolute Gasteiger partial charge is 0.354 e. The molecule has 2 heterocycles. The maximum Gasteiger partial charge on any atom is 0.254 e. The minimum absolute atomic E-state index is 0.0165. The van der Waals surface area contributed by atoms with E-state index in [-0.39, 0.29) is 23.8 Å². The molecular weight excluding hydrogens is 344 g/mol. The van der Waals surface area contributed by atoms with E-state index in [1.807, 2.05) is 49.1 Å². The van der Waals surface area contributed by atoms with E-state index in [1.54, 1.807) is 11.3 Å². The second-order valence-electron chi connectivity index (χ2n) is 7.14. The normalized spacial score (nSPS) is 15.3. The lowest BCUT2D eigenvalue weighted by molar-refractivity contribution is -0.126. The zero-order valence-corrected chi connectivity index (χ0v) is 16.2. The van der Waals surface area contributed by atoms with Crippen molar-refractivity contribution in [1.29, 1.82) is 0 Å². The van der Waals surface area contributed by atoms with Gasteiger partial charge in [0.1, 0.15) is 0 Å². The van der Waals surface area contributed by atoms with Gasteiger partial charge in [0, 0.05) is 41.9 Å². The molecule has 3 rings (SSSR count). The van der Waals surface area contributed by atoms with Gasteiger partial charge in [0.2, 0.25) is 5.91 Å². The molecule has 0 aliphatic carbocycles. The van der Waals surface area contributed by atoms with Crippen molar-refractivity contribution in [3.63, 3.8) is 0 Å². The third kappa shape index (κ3) is 4.52. The van der Waals surface area contributed by atoms with Gasteiger partial charge in [-0.3, -0.25) is 9.59 Å². The van der Waals surface area contributed by atoms with Crippen molar-refractivity contribution in [3.8, 4) is 0 Å². The molecule has 0 unspecified atom stereocenters. The standard InChI is InChI=1S/C21H26N2O2S/c1-15(2)22-20(24)16-9-11-23(12-10-16)21(25)19-8-4-3-6-17(19)14-18-7-5-13-26-18/h3-8,13,15-16H,9-12,14H2,1-2H3,(H,22,24). The Kier molecular flexibility index (Phi) is 6.09. The zero-order valence-electron chi connectivity index (χ0n) is 15.4. The van der Waals surface area contributed by atoms with E-state index in [0.29, 0.717) is 13.1 Å². The highest BCUT2D eigenvalue weighted by Crippen LogP contribution is 2.23. The van der Waals surface area contributed by atoms with Crippen LogP contribution in [-0.2, 0) is 11.2 Å². The van der Waals surface area contributed by atoms with Crippen LogP contribution in [0.1, 0.15) is 47.5 Å². The first-order chi connectivity index (χ1) is 12.5. The highest BCUT2D eigenvalue weighted by atomic mass is 32.1. The molecule has 1 N–H and O–H groups in total. The predicted octanol–water partition coefficient (Wildman–Crippen LogP) is 3.72. The van der Waals surface area contributed by atoms with E-state index < -0.39 is 0 Å². The number of piperidine rings is 1. The number of likely N-dealkylation sites (tertiary alicyclic amines) is 1. The van der Waals surface area contributed by atoms with Crippen LogP contribution in [0.25, 0.3) is 0 Å². The molecule has 0 bridgehead atoms. The van der Waals surface area contributed by atoms with E-state index >= 15 is 0 Å². The summed E-state index contributed by atoms with van der Waals surface area (Å²) in [5, 5.41) is 5.04. The molecule has 1 saturated heterocycles. The molecule has 0 saturated carbocycles. The average Bonchev–Trinajstić information content (AvgIpc) is 3.14. The number of thiophene rings is 1. The molecule has 138 valence electrons. The molecule has 1 aliphatic heterocycles. The summed E-state index contributed by atoms with van der Waals surface area (Å²) in [4.78, 5) is 28.4. The van der Waals surface area contributed by atoms with E-state index in [4.69, 9.17) is 0 Å². The van der Waals surface area contributed by atoms with Gasteiger partial charge in [-0.15, -0.1) is 11.3 Å². The summed E-state index contributed by atoms with van der Waals surface area (Å²) in [6, 6.07) is 12.2. The number of nitrogens with zero attached hydrogens (tertiary/aromatic N) is 1. The third-order valence-electron chi connectivity index (χ3n) is 4.78. The van der Waals surface area contributed by atoms with Crippen LogP contribution >= 0.6 is 11.3 Å². The first-order valence-electron chi connectivity index (χ1n) is 9.24. The summed E-state index contributed by atoms with van der Waals surface area (Å²) in [6.45, 7) is 5.23. The van der Waals surface area contributed by atoms with Crippen LogP contribution in [0.15, 0.2) is 41.8 Å².